The molecular formula is C28H42LiO4P. The van der Waals surface area contributed by atoms with Crippen molar-refractivity contribution in [1.82, 2.24) is 0 Å². The second-order valence-corrected chi connectivity index (χ2v) is 10.2. The van der Waals surface area contributed by atoms with Gasteiger partial charge in [-0.1, -0.05) is 38.5 Å². The molecule has 0 saturated carbocycles. The van der Waals surface area contributed by atoms with Gasteiger partial charge in [0.2, 0.25) is 0 Å². The van der Waals surface area contributed by atoms with Crippen LogP contribution in [0.1, 0.15) is 87.9 Å². The molecule has 0 spiro atoms. The van der Waals surface area contributed by atoms with E-state index >= 15 is 0 Å². The Hall–Kier alpha value is -1.46. The summed E-state index contributed by atoms with van der Waals surface area (Å²) >= 11 is 0. The fourth-order valence-electron chi connectivity index (χ4n) is 3.57. The van der Waals surface area contributed by atoms with Crippen molar-refractivity contribution in [2.24, 2.45) is 0 Å². The number of aryl methyl sites for hydroxylation is 3. The average Bonchev–Trinajstić information content (AvgIpc) is 2.74. The van der Waals surface area contributed by atoms with E-state index in [1.807, 2.05) is 46.8 Å². The van der Waals surface area contributed by atoms with Gasteiger partial charge in [0.05, 0.1) is 23.6 Å². The summed E-state index contributed by atoms with van der Waals surface area (Å²) in [6, 6.07) is 7.99. The van der Waals surface area contributed by atoms with Crippen molar-refractivity contribution in [1.29, 1.82) is 0 Å². The van der Waals surface area contributed by atoms with Crippen molar-refractivity contribution in [2.75, 3.05) is 0 Å². The fourth-order valence-corrected chi connectivity index (χ4v) is 4.83. The van der Waals surface area contributed by atoms with Crippen molar-refractivity contribution < 1.29 is 19.0 Å². The molecule has 0 amide bonds. The zero-order chi connectivity index (χ0) is 24.7. The summed E-state index contributed by atoms with van der Waals surface area (Å²) < 4.78 is 18.8. The summed E-state index contributed by atoms with van der Waals surface area (Å²) in [5.41, 5.74) is 4.08. The third-order valence-corrected chi connectivity index (χ3v) is 7.12. The van der Waals surface area contributed by atoms with E-state index in [4.69, 9.17) is 14.2 Å². The molecule has 0 saturated heterocycles. The molecule has 0 aliphatic rings. The quantitative estimate of drug-likeness (QED) is 0.252. The van der Waals surface area contributed by atoms with Crippen LogP contribution in [0.2, 0.25) is 0 Å². The van der Waals surface area contributed by atoms with E-state index in [-0.39, 0.29) is 51.3 Å². The minimum atomic E-state index is -0.107. The first-order valence-corrected chi connectivity index (χ1v) is 13.2. The molecule has 0 heterocycles. The monoisotopic (exact) mass is 480 g/mol. The number of benzene rings is 2. The van der Waals surface area contributed by atoms with Crippen LogP contribution in [0.5, 0.6) is 17.2 Å². The molecule has 2 aromatic rings. The Labute approximate surface area is 220 Å². The first-order chi connectivity index (χ1) is 15.6. The first kappa shape index (κ1) is 30.6. The molecule has 0 radical (unpaired) electrons. The molecule has 184 valence electrons. The Morgan fingerprint density at radius 2 is 1.18 bits per heavy atom. The molecular weight excluding hydrogens is 438 g/mol. The summed E-state index contributed by atoms with van der Waals surface area (Å²) in [4.78, 5) is 13.6. The summed E-state index contributed by atoms with van der Waals surface area (Å²) in [7, 11) is -0.107. The minimum absolute atomic E-state index is 0. The Kier molecular flexibility index (Phi) is 12.8. The first-order valence-electron chi connectivity index (χ1n) is 12.2. The van der Waals surface area contributed by atoms with Crippen LogP contribution >= 0.6 is 8.58 Å². The van der Waals surface area contributed by atoms with Crippen molar-refractivity contribution in [3.63, 3.8) is 0 Å². The number of hydrogen-bond acceptors (Lipinski definition) is 4. The van der Waals surface area contributed by atoms with Crippen LogP contribution in [0.4, 0.5) is 0 Å². The van der Waals surface area contributed by atoms with E-state index in [2.05, 4.69) is 39.8 Å². The van der Waals surface area contributed by atoms with Gasteiger partial charge >= 0.3 is 18.9 Å². The average molecular weight is 481 g/mol. The summed E-state index contributed by atoms with van der Waals surface area (Å²) in [5.74, 6) is 2.07. The molecule has 4 nitrogen and oxygen atoms in total. The van der Waals surface area contributed by atoms with Crippen LogP contribution in [0, 0.1) is 20.8 Å². The molecule has 0 bridgehead atoms. The fraction of sp³-hybridized carbons (Fsp3) is 0.536. The predicted octanol–water partition coefficient (Wildman–Crippen LogP) is 6.64. The molecule has 4 unspecified atom stereocenters. The van der Waals surface area contributed by atoms with Crippen LogP contribution < -0.4 is 19.5 Å². The summed E-state index contributed by atoms with van der Waals surface area (Å²) in [5, 5.41) is 0.816. The van der Waals surface area contributed by atoms with Gasteiger partial charge < -0.3 is 14.2 Å². The van der Waals surface area contributed by atoms with Crippen LogP contribution in [-0.4, -0.2) is 42.7 Å². The van der Waals surface area contributed by atoms with Crippen LogP contribution in [0.3, 0.4) is 0 Å². The second-order valence-electron chi connectivity index (χ2n) is 9.03. The van der Waals surface area contributed by atoms with E-state index in [0.717, 1.165) is 46.8 Å². The van der Waals surface area contributed by atoms with E-state index in [1.165, 1.54) is 0 Å². The van der Waals surface area contributed by atoms with E-state index in [1.54, 1.807) is 0 Å². The molecule has 2 rings (SSSR count). The van der Waals surface area contributed by atoms with Crippen LogP contribution in [0.15, 0.2) is 24.3 Å². The van der Waals surface area contributed by atoms with E-state index in [0.29, 0.717) is 17.2 Å². The molecule has 2 aromatic carbocycles. The standard InChI is InChI=1S/C28H41O4P.Li.H/c1-10-20(7)30-23-15-24(31-21(8)11-2)27(25(16-23)32-22(9)12-3)33-28(29)26-18(5)13-17(4)14-19(26)6;;/h13-16,20-22,33H,10-12H2,1-9H3;;. The number of carbonyl (C=O) groups is 1. The number of ether oxygens (including phenoxy) is 3. The topological polar surface area (TPSA) is 44.8 Å². The molecule has 0 fully saturated rings. The second kappa shape index (κ2) is 14.2. The van der Waals surface area contributed by atoms with Crippen LogP contribution in [-0.2, 0) is 0 Å². The Bertz CT molecular complexity index is 903. The van der Waals surface area contributed by atoms with Gasteiger partial charge in [-0.25, -0.2) is 0 Å². The maximum absolute atomic E-state index is 13.6. The SMILES string of the molecule is CCC(C)Oc1cc(OC(C)CC)c(PC(=O)c2c(C)cc(C)cc2C)c(OC(C)CC)c1.[LiH]. The zero-order valence-corrected chi connectivity index (χ0v) is 22.8. The third kappa shape index (κ3) is 8.33. The Balaban J connectivity index is 0.00000578. The number of rotatable bonds is 12. The third-order valence-electron chi connectivity index (χ3n) is 5.90. The van der Waals surface area contributed by atoms with Gasteiger partial charge in [-0.05, 0) is 80.5 Å². The molecule has 6 heteroatoms. The van der Waals surface area contributed by atoms with Gasteiger partial charge in [-0.2, -0.15) is 0 Å². The molecule has 0 aliphatic carbocycles. The van der Waals surface area contributed by atoms with Crippen molar-refractivity contribution >= 4 is 38.3 Å². The van der Waals surface area contributed by atoms with Crippen LogP contribution in [0.25, 0.3) is 0 Å². The Morgan fingerprint density at radius 3 is 1.59 bits per heavy atom. The molecule has 4 atom stereocenters. The molecule has 0 N–H and O–H groups in total. The maximum atomic E-state index is 13.6. The zero-order valence-electron chi connectivity index (χ0n) is 21.8. The van der Waals surface area contributed by atoms with E-state index < -0.39 is 0 Å². The summed E-state index contributed by atoms with van der Waals surface area (Å²) in [6.45, 7) is 18.5. The van der Waals surface area contributed by atoms with Gasteiger partial charge in [0.15, 0.2) is 5.52 Å². The summed E-state index contributed by atoms with van der Waals surface area (Å²) in [6.07, 6.45) is 2.74. The van der Waals surface area contributed by atoms with E-state index in [9.17, 15) is 4.79 Å². The number of carbonyl (C=O) groups excluding carboxylic acids is 1. The van der Waals surface area contributed by atoms with Gasteiger partial charge in [-0.3, -0.25) is 4.79 Å². The normalized spacial score (nSPS) is 13.8. The van der Waals surface area contributed by atoms with Crippen molar-refractivity contribution in [2.45, 2.75) is 99.9 Å². The molecule has 0 aromatic heterocycles. The van der Waals surface area contributed by atoms with Gasteiger partial charge in [-0.15, -0.1) is 0 Å². The van der Waals surface area contributed by atoms with Crippen molar-refractivity contribution in [3.05, 3.63) is 46.5 Å². The predicted molar refractivity (Wildman–Crippen MR) is 148 cm³/mol. The molecule has 34 heavy (non-hydrogen) atoms. The van der Waals surface area contributed by atoms with Crippen molar-refractivity contribution in [3.8, 4) is 17.2 Å². The van der Waals surface area contributed by atoms with Gasteiger partial charge in [0.25, 0.3) is 0 Å². The number of hydrogen-bond donors (Lipinski definition) is 0. The van der Waals surface area contributed by atoms with Gasteiger partial charge in [0, 0.05) is 17.7 Å². The molecule has 0 aliphatic heterocycles. The van der Waals surface area contributed by atoms with Gasteiger partial charge in [0.1, 0.15) is 17.2 Å². The Morgan fingerprint density at radius 1 is 0.765 bits per heavy atom.